The predicted octanol–water partition coefficient (Wildman–Crippen LogP) is 3.49. The molecule has 2 aromatic heterocycles. The first kappa shape index (κ1) is 15.8. The largest absolute Gasteiger partial charge is 0.449 e. The normalized spacial score (nSPS) is 22.9. The Balaban J connectivity index is 1.69. The monoisotopic (exact) mass is 337 g/mol. The number of anilines is 1. The zero-order chi connectivity index (χ0) is 17.2. The van der Waals surface area contributed by atoms with Crippen molar-refractivity contribution in [2.24, 2.45) is 0 Å². The Bertz CT molecular complexity index is 788. The Kier molecular flexibility index (Phi) is 4.22. The molecule has 0 spiro atoms. The summed E-state index contributed by atoms with van der Waals surface area (Å²) in [5.41, 5.74) is 3.95. The van der Waals surface area contributed by atoms with E-state index in [1.165, 1.54) is 22.9 Å². The summed E-state index contributed by atoms with van der Waals surface area (Å²) in [6.07, 6.45) is 11.4. The molecule has 2 N–H and O–H groups in total. The van der Waals surface area contributed by atoms with Gasteiger partial charge in [-0.15, -0.1) is 0 Å². The molecule has 2 atom stereocenters. The number of carbonyl (C=O) groups excluding carboxylic acids is 1. The third kappa shape index (κ3) is 3.02. The Hall–Kier alpha value is -2.69. The van der Waals surface area contributed by atoms with Crippen molar-refractivity contribution in [3.8, 4) is 0 Å². The van der Waals surface area contributed by atoms with E-state index in [1.807, 2.05) is 18.3 Å². The van der Waals surface area contributed by atoms with Crippen LogP contribution in [0.2, 0.25) is 0 Å². The van der Waals surface area contributed by atoms with Crippen molar-refractivity contribution in [2.75, 3.05) is 11.4 Å². The van der Waals surface area contributed by atoms with Gasteiger partial charge in [0, 0.05) is 37.0 Å². The van der Waals surface area contributed by atoms with Crippen molar-refractivity contribution in [1.82, 2.24) is 10.3 Å². The van der Waals surface area contributed by atoms with Gasteiger partial charge in [0.15, 0.2) is 5.88 Å². The Morgan fingerprint density at radius 1 is 1.40 bits per heavy atom. The van der Waals surface area contributed by atoms with E-state index in [0.717, 1.165) is 38.1 Å². The fourth-order valence-electron chi connectivity index (χ4n) is 4.02. The molecule has 0 saturated heterocycles. The number of aromatic nitrogens is 1. The van der Waals surface area contributed by atoms with E-state index < -0.39 is 0 Å². The molecule has 2 unspecified atom stereocenters. The van der Waals surface area contributed by atoms with Crippen molar-refractivity contribution < 1.29 is 9.21 Å². The minimum absolute atomic E-state index is 0.0667. The van der Waals surface area contributed by atoms with E-state index in [2.05, 4.69) is 33.9 Å². The Morgan fingerprint density at radius 3 is 3.12 bits per heavy atom. The number of aromatic amines is 1. The number of carbonyl (C=O) groups is 1. The number of nitrogens with one attached hydrogen (secondary N) is 2. The van der Waals surface area contributed by atoms with Crippen LogP contribution in [0, 0.1) is 0 Å². The molecule has 0 fully saturated rings. The van der Waals surface area contributed by atoms with Gasteiger partial charge in [-0.2, -0.15) is 0 Å². The van der Waals surface area contributed by atoms with Gasteiger partial charge < -0.3 is 19.6 Å². The van der Waals surface area contributed by atoms with E-state index in [1.54, 1.807) is 6.26 Å². The topological polar surface area (TPSA) is 61.3 Å². The maximum absolute atomic E-state index is 11.7. The molecule has 2 aromatic rings. The van der Waals surface area contributed by atoms with Crippen LogP contribution in [-0.2, 0) is 11.2 Å². The Morgan fingerprint density at radius 2 is 2.32 bits per heavy atom. The second-order valence-electron chi connectivity index (χ2n) is 6.66. The van der Waals surface area contributed by atoms with Gasteiger partial charge in [0.25, 0.3) is 0 Å². The minimum Gasteiger partial charge on any atom is -0.449 e. The van der Waals surface area contributed by atoms with Crippen LogP contribution in [0.5, 0.6) is 0 Å². The van der Waals surface area contributed by atoms with Crippen LogP contribution in [0.15, 0.2) is 59.4 Å². The van der Waals surface area contributed by atoms with Gasteiger partial charge in [-0.25, -0.2) is 0 Å². The van der Waals surface area contributed by atoms with Crippen molar-refractivity contribution in [2.45, 2.75) is 37.8 Å². The highest BCUT2D eigenvalue weighted by atomic mass is 16.3. The molecule has 130 valence electrons. The molecule has 1 aliphatic heterocycles. The number of H-pyrrole nitrogens is 1. The van der Waals surface area contributed by atoms with E-state index in [-0.39, 0.29) is 18.0 Å². The lowest BCUT2D eigenvalue weighted by molar-refractivity contribution is -0.116. The lowest BCUT2D eigenvalue weighted by Crippen LogP contribution is -2.39. The maximum atomic E-state index is 11.7. The molecule has 5 heteroatoms. The number of hydrogen-bond acceptors (Lipinski definition) is 3. The lowest BCUT2D eigenvalue weighted by Gasteiger charge is -2.39. The van der Waals surface area contributed by atoms with E-state index >= 15 is 0 Å². The Labute approximate surface area is 147 Å². The van der Waals surface area contributed by atoms with E-state index in [0.29, 0.717) is 0 Å². The van der Waals surface area contributed by atoms with Crippen LogP contribution in [0.25, 0.3) is 0 Å². The average Bonchev–Trinajstić information content (AvgIpc) is 3.32. The van der Waals surface area contributed by atoms with Gasteiger partial charge >= 0.3 is 0 Å². The first-order valence-corrected chi connectivity index (χ1v) is 8.86. The molecule has 3 heterocycles. The van der Waals surface area contributed by atoms with Crippen LogP contribution >= 0.6 is 0 Å². The molecule has 1 aliphatic carbocycles. The second-order valence-corrected chi connectivity index (χ2v) is 6.66. The summed E-state index contributed by atoms with van der Waals surface area (Å²) in [6.45, 7) is 4.46. The highest BCUT2D eigenvalue weighted by Crippen LogP contribution is 2.41. The van der Waals surface area contributed by atoms with Crippen LogP contribution in [0.4, 0.5) is 5.88 Å². The molecule has 0 aromatic carbocycles. The van der Waals surface area contributed by atoms with E-state index in [9.17, 15) is 4.79 Å². The molecule has 2 aliphatic rings. The molecule has 1 amide bonds. The number of amides is 1. The van der Waals surface area contributed by atoms with E-state index in [4.69, 9.17) is 4.42 Å². The van der Waals surface area contributed by atoms with Gasteiger partial charge in [-0.3, -0.25) is 4.79 Å². The molecule has 25 heavy (non-hydrogen) atoms. The standard InChI is InChI=1S/C20H23N3O2/c1-2-18(24)22-15-6-3-5-14(13-15)20-16-8-10-21-17(16)9-11-23(20)19-7-4-12-25-19/h2,4,7-8,10,12-13,15,20-21H,1,3,5-6,9,11H2,(H,22,24). The molecule has 5 nitrogen and oxygen atoms in total. The number of rotatable bonds is 4. The number of hydrogen-bond donors (Lipinski definition) is 2. The highest BCUT2D eigenvalue weighted by Gasteiger charge is 2.33. The van der Waals surface area contributed by atoms with Gasteiger partial charge in [0.2, 0.25) is 5.91 Å². The minimum atomic E-state index is -0.114. The molecule has 0 radical (unpaired) electrons. The van der Waals surface area contributed by atoms with Gasteiger partial charge in [-0.1, -0.05) is 12.7 Å². The molecule has 0 saturated carbocycles. The first-order chi connectivity index (χ1) is 12.3. The predicted molar refractivity (Wildman–Crippen MR) is 97.4 cm³/mol. The highest BCUT2D eigenvalue weighted by molar-refractivity contribution is 5.87. The van der Waals surface area contributed by atoms with Gasteiger partial charge in [0.1, 0.15) is 0 Å². The van der Waals surface area contributed by atoms with Gasteiger partial charge in [-0.05, 0) is 48.6 Å². The summed E-state index contributed by atoms with van der Waals surface area (Å²) in [7, 11) is 0. The summed E-state index contributed by atoms with van der Waals surface area (Å²) >= 11 is 0. The number of nitrogens with zero attached hydrogens (tertiary/aromatic N) is 1. The molecule has 4 rings (SSSR count). The maximum Gasteiger partial charge on any atom is 0.243 e. The van der Waals surface area contributed by atoms with Gasteiger partial charge in [0.05, 0.1) is 12.3 Å². The third-order valence-electron chi connectivity index (χ3n) is 5.13. The van der Waals surface area contributed by atoms with Crippen molar-refractivity contribution in [3.05, 3.63) is 66.2 Å². The van der Waals surface area contributed by atoms with Crippen molar-refractivity contribution in [3.63, 3.8) is 0 Å². The average molecular weight is 337 g/mol. The van der Waals surface area contributed by atoms with Crippen molar-refractivity contribution in [1.29, 1.82) is 0 Å². The quantitative estimate of drug-likeness (QED) is 0.663. The zero-order valence-corrected chi connectivity index (χ0v) is 14.2. The molecular weight excluding hydrogens is 314 g/mol. The summed E-state index contributed by atoms with van der Waals surface area (Å²) in [5, 5.41) is 3.02. The SMILES string of the molecule is C=CC(=O)NC1C=C(C2c3cc[nH]c3CCN2c2ccco2)CCC1. The van der Waals surface area contributed by atoms with Crippen molar-refractivity contribution >= 4 is 11.8 Å². The zero-order valence-electron chi connectivity index (χ0n) is 14.2. The number of fused-ring (bicyclic) bond motifs is 1. The van der Waals surface area contributed by atoms with Crippen LogP contribution in [0.1, 0.15) is 36.6 Å². The molecular formula is C20H23N3O2. The summed E-state index contributed by atoms with van der Waals surface area (Å²) < 4.78 is 5.70. The van der Waals surface area contributed by atoms with Crippen LogP contribution in [-0.4, -0.2) is 23.5 Å². The smallest absolute Gasteiger partial charge is 0.243 e. The molecule has 0 bridgehead atoms. The fourth-order valence-corrected chi connectivity index (χ4v) is 4.02. The number of furan rings is 1. The lowest BCUT2D eigenvalue weighted by atomic mass is 9.85. The van der Waals surface area contributed by atoms with Crippen LogP contribution < -0.4 is 10.2 Å². The summed E-state index contributed by atoms with van der Waals surface area (Å²) in [5.74, 6) is 0.784. The third-order valence-corrected chi connectivity index (χ3v) is 5.13. The summed E-state index contributed by atoms with van der Waals surface area (Å²) in [6, 6.07) is 6.34. The second kappa shape index (κ2) is 6.67. The summed E-state index contributed by atoms with van der Waals surface area (Å²) in [4.78, 5) is 17.4. The fraction of sp³-hybridized carbons (Fsp3) is 0.350. The first-order valence-electron chi connectivity index (χ1n) is 8.86. The van der Waals surface area contributed by atoms with Crippen LogP contribution in [0.3, 0.4) is 0 Å².